The van der Waals surface area contributed by atoms with Crippen molar-refractivity contribution < 1.29 is 14.3 Å². The molecule has 0 bridgehead atoms. The molecule has 2 aromatic rings. The molecule has 0 aliphatic rings. The third kappa shape index (κ3) is 3.38. The molecule has 0 spiro atoms. The lowest BCUT2D eigenvalue weighted by atomic mass is 10.3. The molecule has 1 aromatic heterocycles. The molecular formula is C14H13N3O3. The van der Waals surface area contributed by atoms with Crippen molar-refractivity contribution in [2.75, 3.05) is 18.6 Å². The lowest BCUT2D eigenvalue weighted by Crippen LogP contribution is -2.31. The highest BCUT2D eigenvalue weighted by Crippen LogP contribution is 2.11. The number of hydrogen-bond acceptors (Lipinski definition) is 5. The Hall–Kier alpha value is -2.76. The number of carbonyl (C=O) groups excluding carboxylic acids is 2. The minimum absolute atomic E-state index is 0.0719. The molecular weight excluding hydrogens is 258 g/mol. The van der Waals surface area contributed by atoms with Crippen LogP contribution in [0.15, 0.2) is 48.9 Å². The van der Waals surface area contributed by atoms with Crippen molar-refractivity contribution in [1.29, 1.82) is 0 Å². The molecule has 0 radical (unpaired) electrons. The zero-order valence-electron chi connectivity index (χ0n) is 10.9. The molecule has 6 nitrogen and oxygen atoms in total. The summed E-state index contributed by atoms with van der Waals surface area (Å²) >= 11 is 0. The van der Waals surface area contributed by atoms with Gasteiger partial charge in [0.2, 0.25) is 0 Å². The fourth-order valence-electron chi connectivity index (χ4n) is 1.50. The summed E-state index contributed by atoms with van der Waals surface area (Å²) in [7, 11) is 1.62. The van der Waals surface area contributed by atoms with E-state index in [1.807, 2.05) is 18.2 Å². The Labute approximate surface area is 116 Å². The molecule has 0 fully saturated rings. The van der Waals surface area contributed by atoms with E-state index in [2.05, 4.69) is 9.97 Å². The SMILES string of the molecule is CN(C(=O)COC(=O)c1cnccn1)c1ccccc1. The van der Waals surface area contributed by atoms with Crippen molar-refractivity contribution in [2.45, 2.75) is 0 Å². The highest BCUT2D eigenvalue weighted by Gasteiger charge is 2.15. The molecule has 0 unspecified atom stereocenters. The maximum Gasteiger partial charge on any atom is 0.359 e. The van der Waals surface area contributed by atoms with Gasteiger partial charge in [-0.1, -0.05) is 18.2 Å². The zero-order valence-corrected chi connectivity index (χ0v) is 10.9. The van der Waals surface area contributed by atoms with Crippen molar-refractivity contribution in [1.82, 2.24) is 9.97 Å². The van der Waals surface area contributed by atoms with Crippen molar-refractivity contribution in [2.24, 2.45) is 0 Å². The fraction of sp³-hybridized carbons (Fsp3) is 0.143. The average Bonchev–Trinajstić information content (AvgIpc) is 2.53. The summed E-state index contributed by atoms with van der Waals surface area (Å²) in [5, 5.41) is 0. The van der Waals surface area contributed by atoms with Crippen molar-refractivity contribution in [3.63, 3.8) is 0 Å². The molecule has 0 aliphatic carbocycles. The number of hydrogen-bond donors (Lipinski definition) is 0. The lowest BCUT2D eigenvalue weighted by Gasteiger charge is -2.16. The number of carbonyl (C=O) groups is 2. The third-order valence-electron chi connectivity index (χ3n) is 2.62. The van der Waals surface area contributed by atoms with Gasteiger partial charge in [-0.05, 0) is 12.1 Å². The molecule has 1 aromatic carbocycles. The topological polar surface area (TPSA) is 72.4 Å². The molecule has 102 valence electrons. The number of rotatable bonds is 4. The first-order chi connectivity index (χ1) is 9.68. The van der Waals surface area contributed by atoms with Crippen molar-refractivity contribution in [3.05, 3.63) is 54.6 Å². The van der Waals surface area contributed by atoms with E-state index in [1.165, 1.54) is 23.5 Å². The van der Waals surface area contributed by atoms with Gasteiger partial charge in [0.1, 0.15) is 0 Å². The molecule has 0 saturated carbocycles. The van der Waals surface area contributed by atoms with Crippen LogP contribution in [0.1, 0.15) is 10.5 Å². The summed E-state index contributed by atoms with van der Waals surface area (Å²) in [6, 6.07) is 9.09. The van der Waals surface area contributed by atoms with Crippen LogP contribution in [0.2, 0.25) is 0 Å². The van der Waals surface area contributed by atoms with Gasteiger partial charge in [-0.15, -0.1) is 0 Å². The Balaban J connectivity index is 1.91. The first-order valence-electron chi connectivity index (χ1n) is 5.93. The number of nitrogens with zero attached hydrogens (tertiary/aromatic N) is 3. The maximum absolute atomic E-state index is 11.9. The van der Waals surface area contributed by atoms with Crippen LogP contribution in [0, 0.1) is 0 Å². The Bertz CT molecular complexity index is 587. The van der Waals surface area contributed by atoms with E-state index in [-0.39, 0.29) is 18.2 Å². The van der Waals surface area contributed by atoms with Gasteiger partial charge in [-0.3, -0.25) is 9.78 Å². The van der Waals surface area contributed by atoms with Gasteiger partial charge in [-0.2, -0.15) is 0 Å². The highest BCUT2D eigenvalue weighted by molar-refractivity contribution is 5.96. The van der Waals surface area contributed by atoms with Gasteiger partial charge in [-0.25, -0.2) is 9.78 Å². The van der Waals surface area contributed by atoms with Crippen LogP contribution < -0.4 is 4.90 Å². The van der Waals surface area contributed by atoms with Gasteiger partial charge < -0.3 is 9.64 Å². The summed E-state index contributed by atoms with van der Waals surface area (Å²) in [6.07, 6.45) is 4.12. The van der Waals surface area contributed by atoms with E-state index in [0.717, 1.165) is 5.69 Å². The number of aromatic nitrogens is 2. The van der Waals surface area contributed by atoms with E-state index >= 15 is 0 Å². The standard InChI is InChI=1S/C14H13N3O3/c1-17(11-5-3-2-4-6-11)13(18)10-20-14(19)12-9-15-7-8-16-12/h2-9H,10H2,1H3. The molecule has 1 amide bonds. The van der Waals surface area contributed by atoms with E-state index in [4.69, 9.17) is 4.74 Å². The van der Waals surface area contributed by atoms with Gasteiger partial charge >= 0.3 is 5.97 Å². The number of anilines is 1. The van der Waals surface area contributed by atoms with Crippen molar-refractivity contribution in [3.8, 4) is 0 Å². The summed E-state index contributed by atoms with van der Waals surface area (Å²) in [4.78, 5) is 32.5. The predicted octanol–water partition coefficient (Wildman–Crippen LogP) is 1.30. The molecule has 6 heteroatoms. The van der Waals surface area contributed by atoms with Gasteiger partial charge in [0.25, 0.3) is 5.91 Å². The van der Waals surface area contributed by atoms with Crippen LogP contribution in [0.3, 0.4) is 0 Å². The van der Waals surface area contributed by atoms with E-state index in [9.17, 15) is 9.59 Å². The quantitative estimate of drug-likeness (QED) is 0.784. The zero-order chi connectivity index (χ0) is 14.4. The maximum atomic E-state index is 11.9. The molecule has 2 rings (SSSR count). The van der Waals surface area contributed by atoms with Crippen LogP contribution in [0.5, 0.6) is 0 Å². The van der Waals surface area contributed by atoms with E-state index < -0.39 is 5.97 Å². The number of para-hydroxylation sites is 1. The van der Waals surface area contributed by atoms with E-state index in [1.54, 1.807) is 19.2 Å². The summed E-state index contributed by atoms with van der Waals surface area (Å²) < 4.78 is 4.90. The Kier molecular flexibility index (Phi) is 4.39. The van der Waals surface area contributed by atoms with Crippen LogP contribution >= 0.6 is 0 Å². The molecule has 0 saturated heterocycles. The third-order valence-corrected chi connectivity index (χ3v) is 2.62. The molecule has 0 N–H and O–H groups in total. The average molecular weight is 271 g/mol. The lowest BCUT2D eigenvalue weighted by molar-refractivity contribution is -0.121. The van der Waals surface area contributed by atoms with Gasteiger partial charge in [0.05, 0.1) is 6.20 Å². The summed E-state index contributed by atoms with van der Waals surface area (Å²) in [6.45, 7) is -0.346. The minimum Gasteiger partial charge on any atom is -0.451 e. The predicted molar refractivity (Wildman–Crippen MR) is 72.2 cm³/mol. The second-order valence-corrected chi connectivity index (χ2v) is 3.96. The Morgan fingerprint density at radius 3 is 2.60 bits per heavy atom. The highest BCUT2D eigenvalue weighted by atomic mass is 16.5. The Morgan fingerprint density at radius 1 is 1.20 bits per heavy atom. The monoisotopic (exact) mass is 271 g/mol. The van der Waals surface area contributed by atoms with Crippen LogP contribution in [-0.4, -0.2) is 35.5 Å². The second kappa shape index (κ2) is 6.42. The summed E-state index contributed by atoms with van der Waals surface area (Å²) in [5.74, 6) is -0.999. The molecule has 20 heavy (non-hydrogen) atoms. The largest absolute Gasteiger partial charge is 0.451 e. The first kappa shape index (κ1) is 13.7. The van der Waals surface area contributed by atoms with Gasteiger partial charge in [0.15, 0.2) is 12.3 Å². The number of likely N-dealkylation sites (N-methyl/N-ethyl adjacent to an activating group) is 1. The number of amides is 1. The Morgan fingerprint density at radius 2 is 1.95 bits per heavy atom. The first-order valence-corrected chi connectivity index (χ1v) is 5.93. The van der Waals surface area contributed by atoms with Crippen LogP contribution in [-0.2, 0) is 9.53 Å². The van der Waals surface area contributed by atoms with Crippen LogP contribution in [0.4, 0.5) is 5.69 Å². The molecule has 0 aliphatic heterocycles. The van der Waals surface area contributed by atoms with Crippen LogP contribution in [0.25, 0.3) is 0 Å². The number of esters is 1. The van der Waals surface area contributed by atoms with Crippen molar-refractivity contribution >= 4 is 17.6 Å². The fourth-order valence-corrected chi connectivity index (χ4v) is 1.50. The van der Waals surface area contributed by atoms with Gasteiger partial charge in [0, 0.05) is 25.1 Å². The second-order valence-electron chi connectivity index (χ2n) is 3.96. The normalized spacial score (nSPS) is 9.85. The number of benzene rings is 1. The molecule has 0 atom stereocenters. The number of ether oxygens (including phenoxy) is 1. The molecule has 1 heterocycles. The minimum atomic E-state index is -0.673. The smallest absolute Gasteiger partial charge is 0.359 e. The van der Waals surface area contributed by atoms with E-state index in [0.29, 0.717) is 0 Å². The summed E-state index contributed by atoms with van der Waals surface area (Å²) in [5.41, 5.74) is 0.802.